The van der Waals surface area contributed by atoms with Gasteiger partial charge in [-0.2, -0.15) is 0 Å². The van der Waals surface area contributed by atoms with Crippen molar-refractivity contribution in [2.24, 2.45) is 5.92 Å². The van der Waals surface area contributed by atoms with Crippen LogP contribution in [-0.4, -0.2) is 48.7 Å². The number of rotatable bonds is 6. The van der Waals surface area contributed by atoms with Crippen LogP contribution in [0.25, 0.3) is 0 Å². The fourth-order valence-corrected chi connectivity index (χ4v) is 4.00. The van der Waals surface area contributed by atoms with E-state index in [0.29, 0.717) is 24.3 Å². The monoisotopic (exact) mass is 361 g/mol. The number of hydrogen-bond acceptors (Lipinski definition) is 5. The van der Waals surface area contributed by atoms with Gasteiger partial charge >= 0.3 is 5.69 Å². The number of benzene rings is 1. The Bertz CT molecular complexity index is 606. The number of ether oxygens (including phenoxy) is 1. The average molecular weight is 361 g/mol. The van der Waals surface area contributed by atoms with Gasteiger partial charge in [0.25, 0.3) is 0 Å². The summed E-state index contributed by atoms with van der Waals surface area (Å²) in [4.78, 5) is 15.9. The molecule has 1 aromatic carbocycles. The van der Waals surface area contributed by atoms with Gasteiger partial charge in [-0.05, 0) is 50.8 Å². The topological polar surface area (TPSA) is 58.8 Å². The van der Waals surface area contributed by atoms with E-state index in [1.165, 1.54) is 45.2 Å². The van der Waals surface area contributed by atoms with Gasteiger partial charge in [0.1, 0.15) is 0 Å². The van der Waals surface area contributed by atoms with Crippen LogP contribution >= 0.6 is 0 Å². The Morgan fingerprint density at radius 2 is 1.85 bits per heavy atom. The quantitative estimate of drug-likeness (QED) is 0.564. The Morgan fingerprint density at radius 1 is 1.15 bits per heavy atom. The van der Waals surface area contributed by atoms with Gasteiger partial charge in [0.15, 0.2) is 5.75 Å². The van der Waals surface area contributed by atoms with Gasteiger partial charge in [0, 0.05) is 37.0 Å². The van der Waals surface area contributed by atoms with Crippen molar-refractivity contribution in [2.75, 3.05) is 37.7 Å². The molecule has 6 nitrogen and oxygen atoms in total. The van der Waals surface area contributed by atoms with E-state index in [-0.39, 0.29) is 10.6 Å². The molecular weight excluding hydrogens is 330 g/mol. The third-order valence-electron chi connectivity index (χ3n) is 5.45. The highest BCUT2D eigenvalue weighted by Gasteiger charge is 2.26. The van der Waals surface area contributed by atoms with E-state index >= 15 is 0 Å². The van der Waals surface area contributed by atoms with Crippen LogP contribution in [0.5, 0.6) is 5.75 Å². The van der Waals surface area contributed by atoms with Crippen LogP contribution in [0.2, 0.25) is 0 Å². The Balaban J connectivity index is 1.65. The minimum absolute atomic E-state index is 0.0533. The molecule has 0 saturated carbocycles. The van der Waals surface area contributed by atoms with E-state index in [2.05, 4.69) is 9.80 Å². The smallest absolute Gasteiger partial charge is 0.311 e. The van der Waals surface area contributed by atoms with Gasteiger partial charge < -0.3 is 14.5 Å². The molecular formula is C20H31N3O3. The predicted octanol–water partition coefficient (Wildman–Crippen LogP) is 4.08. The molecule has 2 aliphatic rings. The van der Waals surface area contributed by atoms with E-state index in [4.69, 9.17) is 4.74 Å². The lowest BCUT2D eigenvalue weighted by molar-refractivity contribution is -0.385. The Kier molecular flexibility index (Phi) is 6.35. The summed E-state index contributed by atoms with van der Waals surface area (Å²) >= 11 is 0. The van der Waals surface area contributed by atoms with Crippen LogP contribution in [0, 0.1) is 16.0 Å². The van der Waals surface area contributed by atoms with Gasteiger partial charge in [-0.1, -0.05) is 20.3 Å². The maximum Gasteiger partial charge on any atom is 0.311 e. The summed E-state index contributed by atoms with van der Waals surface area (Å²) in [6.07, 6.45) is 6.37. The summed E-state index contributed by atoms with van der Waals surface area (Å²) in [5.41, 5.74) is 1.09. The number of nitrogens with zero attached hydrogens (tertiary/aromatic N) is 3. The minimum atomic E-state index is -0.359. The van der Waals surface area contributed by atoms with E-state index < -0.39 is 0 Å². The summed E-state index contributed by atoms with van der Waals surface area (Å²) in [6, 6.07) is 5.99. The van der Waals surface area contributed by atoms with Crippen LogP contribution in [0.3, 0.4) is 0 Å². The maximum absolute atomic E-state index is 11.3. The summed E-state index contributed by atoms with van der Waals surface area (Å²) in [5.74, 6) is 0.720. The van der Waals surface area contributed by atoms with Gasteiger partial charge in [-0.25, -0.2) is 0 Å². The van der Waals surface area contributed by atoms with Crippen LogP contribution in [0.1, 0.15) is 46.0 Å². The zero-order valence-electron chi connectivity index (χ0n) is 16.0. The molecule has 0 amide bonds. The predicted molar refractivity (Wildman–Crippen MR) is 104 cm³/mol. The van der Waals surface area contributed by atoms with Crippen molar-refractivity contribution in [3.8, 4) is 5.75 Å². The Morgan fingerprint density at radius 3 is 2.46 bits per heavy atom. The highest BCUT2D eigenvalue weighted by molar-refractivity contribution is 5.59. The van der Waals surface area contributed by atoms with E-state index in [1.54, 1.807) is 6.07 Å². The van der Waals surface area contributed by atoms with Crippen molar-refractivity contribution < 1.29 is 9.66 Å². The summed E-state index contributed by atoms with van der Waals surface area (Å²) in [5, 5.41) is 11.3. The molecule has 0 bridgehead atoms. The summed E-state index contributed by atoms with van der Waals surface area (Å²) in [6.45, 7) is 9.07. The van der Waals surface area contributed by atoms with Crippen LogP contribution in [0.15, 0.2) is 18.2 Å². The number of piperidine rings is 2. The van der Waals surface area contributed by atoms with Crippen molar-refractivity contribution in [1.82, 2.24) is 4.90 Å². The van der Waals surface area contributed by atoms with E-state index in [0.717, 1.165) is 18.8 Å². The van der Waals surface area contributed by atoms with Crippen molar-refractivity contribution in [2.45, 2.75) is 52.0 Å². The van der Waals surface area contributed by atoms with Crippen LogP contribution in [-0.2, 0) is 0 Å². The molecule has 2 heterocycles. The largest absolute Gasteiger partial charge is 0.486 e. The molecule has 2 aliphatic heterocycles. The molecule has 0 unspecified atom stereocenters. The third-order valence-corrected chi connectivity index (χ3v) is 5.45. The molecule has 2 saturated heterocycles. The first-order valence-electron chi connectivity index (χ1n) is 9.95. The van der Waals surface area contributed by atoms with E-state index in [1.807, 2.05) is 26.0 Å². The second-order valence-electron chi connectivity index (χ2n) is 7.93. The van der Waals surface area contributed by atoms with Crippen molar-refractivity contribution in [3.63, 3.8) is 0 Å². The number of nitro benzene ring substituents is 1. The molecule has 0 aliphatic carbocycles. The molecule has 0 radical (unpaired) electrons. The number of likely N-dealkylation sites (tertiary alicyclic amines) is 1. The number of hydrogen-bond donors (Lipinski definition) is 0. The number of nitro groups is 1. The van der Waals surface area contributed by atoms with Crippen molar-refractivity contribution in [1.29, 1.82) is 0 Å². The second-order valence-corrected chi connectivity index (χ2v) is 7.93. The maximum atomic E-state index is 11.3. The molecule has 0 N–H and O–H groups in total. The van der Waals surface area contributed by atoms with Gasteiger partial charge in [0.05, 0.1) is 11.5 Å². The lowest BCUT2D eigenvalue weighted by Crippen LogP contribution is -2.46. The van der Waals surface area contributed by atoms with Gasteiger partial charge in [-0.15, -0.1) is 0 Å². The molecule has 0 atom stereocenters. The molecule has 0 aromatic heterocycles. The van der Waals surface area contributed by atoms with Gasteiger partial charge in [0.2, 0.25) is 0 Å². The van der Waals surface area contributed by atoms with Crippen molar-refractivity contribution in [3.05, 3.63) is 28.3 Å². The molecule has 0 spiro atoms. The fraction of sp³-hybridized carbons (Fsp3) is 0.700. The molecule has 26 heavy (non-hydrogen) atoms. The average Bonchev–Trinajstić information content (AvgIpc) is 2.67. The van der Waals surface area contributed by atoms with Crippen LogP contribution < -0.4 is 9.64 Å². The normalized spacial score (nSPS) is 19.7. The zero-order valence-corrected chi connectivity index (χ0v) is 16.0. The lowest BCUT2D eigenvalue weighted by Gasteiger charge is -2.41. The number of anilines is 1. The van der Waals surface area contributed by atoms with Crippen molar-refractivity contribution >= 4 is 11.4 Å². The molecule has 1 aromatic rings. The Hall–Kier alpha value is -1.82. The first-order chi connectivity index (χ1) is 12.5. The van der Waals surface area contributed by atoms with E-state index in [9.17, 15) is 10.1 Å². The molecule has 2 fully saturated rings. The molecule has 3 rings (SSSR count). The zero-order chi connectivity index (χ0) is 18.5. The highest BCUT2D eigenvalue weighted by atomic mass is 16.6. The molecule has 144 valence electrons. The second kappa shape index (κ2) is 8.71. The third kappa shape index (κ3) is 4.67. The molecule has 6 heteroatoms. The van der Waals surface area contributed by atoms with Crippen LogP contribution in [0.4, 0.5) is 11.4 Å². The summed E-state index contributed by atoms with van der Waals surface area (Å²) in [7, 11) is 0. The lowest BCUT2D eigenvalue weighted by atomic mass is 9.99. The first-order valence-corrected chi connectivity index (χ1v) is 9.95. The van der Waals surface area contributed by atoms with Gasteiger partial charge in [-0.3, -0.25) is 10.1 Å². The minimum Gasteiger partial charge on any atom is -0.486 e. The fourth-order valence-electron chi connectivity index (χ4n) is 4.00. The Labute approximate surface area is 156 Å². The first kappa shape index (κ1) is 19.0. The standard InChI is InChI=1S/C20H31N3O3/c1-16(2)15-26-20-14-18(6-7-19(20)23(24)25)22-12-8-17(9-13-22)21-10-4-3-5-11-21/h6-7,14,16-17H,3-5,8-13,15H2,1-2H3. The highest BCUT2D eigenvalue weighted by Crippen LogP contribution is 2.33. The SMILES string of the molecule is CC(C)COc1cc(N2CCC(N3CCCCC3)CC2)ccc1[N+](=O)[O-]. The summed E-state index contributed by atoms with van der Waals surface area (Å²) < 4.78 is 5.73.